The maximum Gasteiger partial charge on any atom is 0.435 e. The standard InChI is InChI=1S/C12H12F3NO/c1-3-9-17-11(4-2,12(13,14)15)10-7-5-6-8-16-10/h2,5-8H,3,9H2,1H3. The van der Waals surface area contributed by atoms with Crippen LogP contribution < -0.4 is 0 Å². The SMILES string of the molecule is C#CC(OCCC)(c1ccccn1)C(F)(F)F. The first-order valence-corrected chi connectivity index (χ1v) is 5.08. The fourth-order valence-electron chi connectivity index (χ4n) is 1.32. The number of nitrogens with zero attached hydrogens (tertiary/aromatic N) is 1. The lowest BCUT2D eigenvalue weighted by atomic mass is 9.99. The summed E-state index contributed by atoms with van der Waals surface area (Å²) in [5, 5.41) is 0. The van der Waals surface area contributed by atoms with E-state index in [1.807, 2.05) is 0 Å². The van der Waals surface area contributed by atoms with Crippen molar-refractivity contribution in [3.63, 3.8) is 0 Å². The van der Waals surface area contributed by atoms with E-state index < -0.39 is 11.8 Å². The molecule has 0 bridgehead atoms. The van der Waals surface area contributed by atoms with Gasteiger partial charge in [-0.1, -0.05) is 18.9 Å². The van der Waals surface area contributed by atoms with Crippen LogP contribution in [-0.4, -0.2) is 17.8 Å². The zero-order valence-electron chi connectivity index (χ0n) is 9.29. The average molecular weight is 243 g/mol. The summed E-state index contributed by atoms with van der Waals surface area (Å²) in [5.74, 6) is 1.70. The number of pyridine rings is 1. The second-order valence-corrected chi connectivity index (χ2v) is 3.39. The number of hydrogen-bond donors (Lipinski definition) is 0. The molecule has 0 aliphatic heterocycles. The summed E-state index contributed by atoms with van der Waals surface area (Å²) in [6, 6.07) is 4.17. The molecule has 92 valence electrons. The molecule has 0 fully saturated rings. The molecule has 1 aromatic heterocycles. The van der Waals surface area contributed by atoms with E-state index in [1.54, 1.807) is 12.8 Å². The smallest absolute Gasteiger partial charge is 0.349 e. The predicted molar refractivity (Wildman–Crippen MR) is 57.0 cm³/mol. The van der Waals surface area contributed by atoms with Gasteiger partial charge >= 0.3 is 6.18 Å². The lowest BCUT2D eigenvalue weighted by Crippen LogP contribution is -2.44. The molecule has 0 saturated heterocycles. The van der Waals surface area contributed by atoms with E-state index in [4.69, 9.17) is 11.2 Å². The molecule has 0 saturated carbocycles. The molecule has 0 aliphatic rings. The predicted octanol–water partition coefficient (Wildman–Crippen LogP) is 2.90. The van der Waals surface area contributed by atoms with Crippen LogP contribution in [0.3, 0.4) is 0 Å². The van der Waals surface area contributed by atoms with Crippen LogP contribution in [0.2, 0.25) is 0 Å². The minimum Gasteiger partial charge on any atom is -0.349 e. The number of ether oxygens (including phenoxy) is 1. The Balaban J connectivity index is 3.23. The van der Waals surface area contributed by atoms with E-state index in [-0.39, 0.29) is 12.3 Å². The van der Waals surface area contributed by atoms with E-state index in [1.165, 1.54) is 24.4 Å². The van der Waals surface area contributed by atoms with Crippen molar-refractivity contribution >= 4 is 0 Å². The molecule has 17 heavy (non-hydrogen) atoms. The van der Waals surface area contributed by atoms with Crippen LogP contribution in [0.4, 0.5) is 13.2 Å². The highest BCUT2D eigenvalue weighted by Crippen LogP contribution is 2.40. The molecule has 0 aliphatic carbocycles. The normalized spacial score (nSPS) is 15.0. The number of halogens is 3. The zero-order valence-corrected chi connectivity index (χ0v) is 9.29. The Morgan fingerprint density at radius 3 is 2.53 bits per heavy atom. The number of rotatable bonds is 4. The summed E-state index contributed by atoms with van der Waals surface area (Å²) >= 11 is 0. The van der Waals surface area contributed by atoms with Gasteiger partial charge in [0.2, 0.25) is 0 Å². The van der Waals surface area contributed by atoms with Gasteiger partial charge in [0.1, 0.15) is 0 Å². The Hall–Kier alpha value is -1.54. The van der Waals surface area contributed by atoms with Crippen LogP contribution in [0.1, 0.15) is 19.0 Å². The molecular weight excluding hydrogens is 231 g/mol. The van der Waals surface area contributed by atoms with Crippen molar-refractivity contribution in [1.29, 1.82) is 0 Å². The monoisotopic (exact) mass is 243 g/mol. The molecule has 0 aromatic carbocycles. The van der Waals surface area contributed by atoms with Crippen molar-refractivity contribution < 1.29 is 17.9 Å². The third-order valence-corrected chi connectivity index (χ3v) is 2.15. The number of alkyl halides is 3. The van der Waals surface area contributed by atoms with Gasteiger partial charge in [0.25, 0.3) is 5.60 Å². The van der Waals surface area contributed by atoms with Gasteiger partial charge in [0.05, 0.1) is 5.69 Å². The van der Waals surface area contributed by atoms with E-state index in [0.29, 0.717) is 6.42 Å². The topological polar surface area (TPSA) is 22.1 Å². The molecule has 1 aromatic rings. The minimum absolute atomic E-state index is 0.0831. The minimum atomic E-state index is -4.70. The van der Waals surface area contributed by atoms with E-state index in [9.17, 15) is 13.2 Å². The number of terminal acetylenes is 1. The van der Waals surface area contributed by atoms with Gasteiger partial charge in [-0.25, -0.2) is 0 Å². The van der Waals surface area contributed by atoms with Crippen molar-refractivity contribution in [3.05, 3.63) is 30.1 Å². The van der Waals surface area contributed by atoms with E-state index >= 15 is 0 Å². The third-order valence-electron chi connectivity index (χ3n) is 2.15. The van der Waals surface area contributed by atoms with Crippen LogP contribution in [0.5, 0.6) is 0 Å². The molecule has 0 amide bonds. The van der Waals surface area contributed by atoms with Gasteiger partial charge in [-0.3, -0.25) is 4.98 Å². The third kappa shape index (κ3) is 2.59. The van der Waals surface area contributed by atoms with Crippen molar-refractivity contribution in [3.8, 4) is 12.3 Å². The molecule has 0 N–H and O–H groups in total. The van der Waals surface area contributed by atoms with Crippen molar-refractivity contribution in [2.75, 3.05) is 6.61 Å². The quantitative estimate of drug-likeness (QED) is 0.758. The Labute approximate surface area is 97.8 Å². The fraction of sp³-hybridized carbons (Fsp3) is 0.417. The first-order valence-electron chi connectivity index (χ1n) is 5.08. The first kappa shape index (κ1) is 13.5. The number of hydrogen-bond acceptors (Lipinski definition) is 2. The summed E-state index contributed by atoms with van der Waals surface area (Å²) in [7, 11) is 0. The molecule has 1 heterocycles. The molecule has 0 spiro atoms. The highest BCUT2D eigenvalue weighted by atomic mass is 19.4. The van der Waals surface area contributed by atoms with Gasteiger partial charge in [-0.05, 0) is 18.6 Å². The van der Waals surface area contributed by atoms with Crippen LogP contribution in [0, 0.1) is 12.3 Å². The Kier molecular flexibility index (Phi) is 4.13. The van der Waals surface area contributed by atoms with Gasteiger partial charge in [0, 0.05) is 12.8 Å². The Morgan fingerprint density at radius 2 is 2.12 bits per heavy atom. The van der Waals surface area contributed by atoms with Crippen molar-refractivity contribution in [2.45, 2.75) is 25.1 Å². The average Bonchev–Trinajstić information content (AvgIpc) is 2.30. The highest BCUT2D eigenvalue weighted by Gasteiger charge is 2.57. The zero-order chi connectivity index (χ0) is 12.9. The fourth-order valence-corrected chi connectivity index (χ4v) is 1.32. The summed E-state index contributed by atoms with van der Waals surface area (Å²) in [6.45, 7) is 1.62. The highest BCUT2D eigenvalue weighted by molar-refractivity contribution is 5.27. The maximum atomic E-state index is 13.1. The van der Waals surface area contributed by atoms with E-state index in [2.05, 4.69) is 4.98 Å². The Bertz CT molecular complexity index is 396. The Morgan fingerprint density at radius 1 is 1.41 bits per heavy atom. The molecule has 1 rings (SSSR count). The molecule has 1 atom stereocenters. The lowest BCUT2D eigenvalue weighted by Gasteiger charge is -2.30. The molecule has 0 radical (unpaired) electrons. The van der Waals surface area contributed by atoms with Crippen LogP contribution in [0.25, 0.3) is 0 Å². The van der Waals surface area contributed by atoms with Gasteiger partial charge < -0.3 is 4.74 Å². The summed E-state index contributed by atoms with van der Waals surface area (Å²) in [4.78, 5) is 3.65. The summed E-state index contributed by atoms with van der Waals surface area (Å²) in [5.41, 5.74) is -3.08. The van der Waals surface area contributed by atoms with E-state index in [0.717, 1.165) is 0 Å². The lowest BCUT2D eigenvalue weighted by molar-refractivity contribution is -0.260. The molecular formula is C12H12F3NO. The van der Waals surface area contributed by atoms with Crippen LogP contribution in [0.15, 0.2) is 24.4 Å². The van der Waals surface area contributed by atoms with Crippen molar-refractivity contribution in [1.82, 2.24) is 4.98 Å². The second-order valence-electron chi connectivity index (χ2n) is 3.39. The molecule has 2 nitrogen and oxygen atoms in total. The largest absolute Gasteiger partial charge is 0.435 e. The maximum absolute atomic E-state index is 13.1. The van der Waals surface area contributed by atoms with Crippen LogP contribution in [-0.2, 0) is 10.3 Å². The van der Waals surface area contributed by atoms with Crippen LogP contribution >= 0.6 is 0 Å². The van der Waals surface area contributed by atoms with Gasteiger partial charge in [-0.2, -0.15) is 13.2 Å². The summed E-state index contributed by atoms with van der Waals surface area (Å²) < 4.78 is 44.1. The first-order chi connectivity index (χ1) is 7.98. The van der Waals surface area contributed by atoms with Gasteiger partial charge in [-0.15, -0.1) is 6.42 Å². The second kappa shape index (κ2) is 5.19. The van der Waals surface area contributed by atoms with Gasteiger partial charge in [0.15, 0.2) is 0 Å². The molecule has 1 unspecified atom stereocenters. The number of aromatic nitrogens is 1. The summed E-state index contributed by atoms with van der Waals surface area (Å²) in [6.07, 6.45) is 2.02. The molecule has 5 heteroatoms. The van der Waals surface area contributed by atoms with Crippen molar-refractivity contribution in [2.24, 2.45) is 0 Å².